The zero-order chi connectivity index (χ0) is 10.2. The molecule has 0 rings (SSSR count). The zero-order valence-corrected chi connectivity index (χ0v) is 7.03. The molecule has 0 spiro atoms. The first-order valence-corrected chi connectivity index (χ1v) is 4.03. The lowest BCUT2D eigenvalue weighted by atomic mass is 10.6. The molecule has 0 saturated carbocycles. The highest BCUT2D eigenvalue weighted by Gasteiger charge is 2.54. The molecule has 0 aromatic carbocycles. The van der Waals surface area contributed by atoms with Crippen molar-refractivity contribution in [1.29, 1.82) is 0 Å². The minimum Gasteiger partial charge on any atom is -0.343 e. The first-order chi connectivity index (χ1) is 5.10. The molecule has 1 amide bonds. The highest BCUT2D eigenvalue weighted by Crippen LogP contribution is 2.24. The normalized spacial score (nSPS) is 12.8. The Morgan fingerprint density at radius 1 is 1.33 bits per heavy atom. The first-order valence-electron chi connectivity index (χ1n) is 2.64. The van der Waals surface area contributed by atoms with E-state index in [1.807, 2.05) is 0 Å². The number of carbonyl (C=O) groups excluding carboxylic acids is 1. The summed E-state index contributed by atoms with van der Waals surface area (Å²) in [5, 5.41) is -4.99. The van der Waals surface area contributed by atoms with Gasteiger partial charge in [-0.1, -0.05) is 3.89 Å². The van der Waals surface area contributed by atoms with Crippen LogP contribution >= 0.6 is 0 Å². The van der Waals surface area contributed by atoms with Gasteiger partial charge in [0, 0.05) is 14.1 Å². The van der Waals surface area contributed by atoms with E-state index in [1.54, 1.807) is 0 Å². The molecule has 0 radical (unpaired) electrons. The molecule has 0 aliphatic carbocycles. The van der Waals surface area contributed by atoms with Crippen LogP contribution in [0, 0.1) is 0 Å². The summed E-state index contributed by atoms with van der Waals surface area (Å²) in [5.41, 5.74) is 0. The van der Waals surface area contributed by atoms with Gasteiger partial charge in [0.25, 0.3) is 0 Å². The van der Waals surface area contributed by atoms with Crippen LogP contribution in [0.1, 0.15) is 0 Å². The zero-order valence-electron chi connectivity index (χ0n) is 6.21. The van der Waals surface area contributed by atoms with Gasteiger partial charge in [0.05, 0.1) is 0 Å². The van der Waals surface area contributed by atoms with Crippen LogP contribution in [0.25, 0.3) is 0 Å². The average molecular weight is 205 g/mol. The summed E-state index contributed by atoms with van der Waals surface area (Å²) in [7, 11) is -4.39. The Labute approximate surface area is 67.2 Å². The maximum absolute atomic E-state index is 12.2. The van der Waals surface area contributed by atoms with Gasteiger partial charge in [-0.3, -0.25) is 4.79 Å². The summed E-state index contributed by atoms with van der Waals surface area (Å²) in [6, 6.07) is 0. The summed E-state index contributed by atoms with van der Waals surface area (Å²) in [4.78, 5) is 10.7. The van der Waals surface area contributed by atoms with E-state index >= 15 is 0 Å². The summed E-state index contributed by atoms with van der Waals surface area (Å²) in [5.74, 6) is -2.11. The third-order valence-electron chi connectivity index (χ3n) is 0.961. The molecule has 0 aliphatic rings. The first kappa shape index (κ1) is 11.2. The van der Waals surface area contributed by atoms with E-state index in [0.717, 1.165) is 14.1 Å². The molecular weight excluding hydrogens is 199 g/mol. The smallest absolute Gasteiger partial charge is 0.343 e. The molecular formula is C4H6F3NO3S. The molecule has 12 heavy (non-hydrogen) atoms. The summed E-state index contributed by atoms with van der Waals surface area (Å²) < 4.78 is 55.7. The van der Waals surface area contributed by atoms with Gasteiger partial charge >= 0.3 is 21.4 Å². The summed E-state index contributed by atoms with van der Waals surface area (Å²) >= 11 is 0. The molecule has 0 bridgehead atoms. The molecule has 0 aromatic rings. The number of amides is 1. The van der Waals surface area contributed by atoms with E-state index < -0.39 is 21.4 Å². The van der Waals surface area contributed by atoms with Gasteiger partial charge in [-0.05, 0) is 0 Å². The molecule has 4 nitrogen and oxygen atoms in total. The number of hydrogen-bond acceptors (Lipinski definition) is 3. The van der Waals surface area contributed by atoms with E-state index in [9.17, 15) is 25.9 Å². The molecule has 0 aliphatic heterocycles. The Hall–Kier alpha value is -0.790. The monoisotopic (exact) mass is 205 g/mol. The fourth-order valence-corrected chi connectivity index (χ4v) is 0.756. The minimum absolute atomic E-state index is 0.289. The topological polar surface area (TPSA) is 54.5 Å². The lowest BCUT2D eigenvalue weighted by Crippen LogP contribution is -2.43. The highest BCUT2D eigenvalue weighted by atomic mass is 32.3. The van der Waals surface area contributed by atoms with Crippen molar-refractivity contribution < 1.29 is 25.9 Å². The van der Waals surface area contributed by atoms with E-state index in [4.69, 9.17) is 0 Å². The Balaban J connectivity index is 5.01. The van der Waals surface area contributed by atoms with Crippen molar-refractivity contribution in [2.75, 3.05) is 14.1 Å². The van der Waals surface area contributed by atoms with Gasteiger partial charge in [-0.2, -0.15) is 17.2 Å². The van der Waals surface area contributed by atoms with Gasteiger partial charge in [-0.15, -0.1) is 0 Å². The molecule has 0 aromatic heterocycles. The summed E-state index contributed by atoms with van der Waals surface area (Å²) in [6.45, 7) is 0. The molecule has 8 heteroatoms. The van der Waals surface area contributed by atoms with Gasteiger partial charge in [0.15, 0.2) is 0 Å². The fraction of sp³-hybridized carbons (Fsp3) is 0.750. The predicted molar refractivity (Wildman–Crippen MR) is 33.7 cm³/mol. The Morgan fingerprint density at radius 2 is 1.67 bits per heavy atom. The predicted octanol–water partition coefficient (Wildman–Crippen LogP) is -0.0333. The number of halogens is 3. The number of alkyl halides is 2. The van der Waals surface area contributed by atoms with E-state index in [1.165, 1.54) is 0 Å². The van der Waals surface area contributed by atoms with Crippen LogP contribution < -0.4 is 0 Å². The lowest BCUT2D eigenvalue weighted by Gasteiger charge is -2.15. The van der Waals surface area contributed by atoms with Crippen molar-refractivity contribution in [3.63, 3.8) is 0 Å². The number of rotatable bonds is 2. The van der Waals surface area contributed by atoms with Crippen LogP contribution in [0.3, 0.4) is 0 Å². The van der Waals surface area contributed by atoms with Gasteiger partial charge in [-0.25, -0.2) is 0 Å². The SMILES string of the molecule is CN(C)C(=O)C(F)(F)S(=O)(=O)F. The number of nitrogens with zero attached hydrogens (tertiary/aromatic N) is 1. The van der Waals surface area contributed by atoms with Gasteiger partial charge in [0.1, 0.15) is 0 Å². The van der Waals surface area contributed by atoms with E-state index in [0.29, 0.717) is 0 Å². The second kappa shape index (κ2) is 2.92. The third-order valence-corrected chi connectivity index (χ3v) is 1.75. The van der Waals surface area contributed by atoms with Crippen molar-refractivity contribution in [2.45, 2.75) is 5.25 Å². The average Bonchev–Trinajstić information content (AvgIpc) is 1.83. The fourth-order valence-electron chi connectivity index (χ4n) is 0.365. The van der Waals surface area contributed by atoms with Gasteiger partial charge < -0.3 is 4.90 Å². The van der Waals surface area contributed by atoms with Crippen molar-refractivity contribution in [3.8, 4) is 0 Å². The van der Waals surface area contributed by atoms with Crippen LogP contribution in [0.4, 0.5) is 12.7 Å². The Morgan fingerprint density at radius 3 is 1.75 bits per heavy atom. The van der Waals surface area contributed by atoms with E-state index in [2.05, 4.69) is 0 Å². The Bertz CT molecular complexity index is 284. The maximum Gasteiger partial charge on any atom is 0.451 e. The molecule has 0 N–H and O–H groups in total. The quantitative estimate of drug-likeness (QED) is 0.595. The van der Waals surface area contributed by atoms with Crippen LogP contribution in [-0.2, 0) is 15.0 Å². The van der Waals surface area contributed by atoms with Gasteiger partial charge in [0.2, 0.25) is 0 Å². The van der Waals surface area contributed by atoms with Crippen LogP contribution in [-0.4, -0.2) is 38.6 Å². The Kier molecular flexibility index (Phi) is 2.73. The molecule has 0 heterocycles. The largest absolute Gasteiger partial charge is 0.451 e. The summed E-state index contributed by atoms with van der Waals surface area (Å²) in [6.07, 6.45) is 0. The van der Waals surface area contributed by atoms with Crippen LogP contribution in [0.2, 0.25) is 0 Å². The van der Waals surface area contributed by atoms with E-state index in [-0.39, 0.29) is 4.90 Å². The number of hydrogen-bond donors (Lipinski definition) is 0. The highest BCUT2D eigenvalue weighted by molar-refractivity contribution is 7.88. The molecule has 72 valence electrons. The van der Waals surface area contributed by atoms with Crippen molar-refractivity contribution in [2.24, 2.45) is 0 Å². The second-order valence-corrected chi connectivity index (χ2v) is 3.54. The van der Waals surface area contributed by atoms with Crippen LogP contribution in [0.15, 0.2) is 0 Å². The van der Waals surface area contributed by atoms with Crippen molar-refractivity contribution in [1.82, 2.24) is 4.90 Å². The standard InChI is InChI=1S/C4H6F3NO3S/c1-8(2)3(9)4(5,6)12(7,10)11/h1-2H3. The second-order valence-electron chi connectivity index (χ2n) is 2.15. The minimum atomic E-state index is -6.17. The van der Waals surface area contributed by atoms with Crippen molar-refractivity contribution in [3.05, 3.63) is 0 Å². The number of carbonyl (C=O) groups is 1. The molecule has 0 atom stereocenters. The third kappa shape index (κ3) is 1.87. The molecule has 0 unspecified atom stereocenters. The molecule has 0 saturated heterocycles. The van der Waals surface area contributed by atoms with Crippen LogP contribution in [0.5, 0.6) is 0 Å². The lowest BCUT2D eigenvalue weighted by molar-refractivity contribution is -0.144. The van der Waals surface area contributed by atoms with Crippen molar-refractivity contribution >= 4 is 16.1 Å². The maximum atomic E-state index is 12.2. The molecule has 0 fully saturated rings.